The predicted octanol–water partition coefficient (Wildman–Crippen LogP) is 3.82. The van der Waals surface area contributed by atoms with E-state index in [1.165, 1.54) is 6.07 Å². The SMILES string of the molecule is O=C(COC(=O)C1(c2ccccc2F)CCCC1)Nc1ccccc1. The molecule has 5 heteroatoms. The maximum Gasteiger partial charge on any atom is 0.317 e. The van der Waals surface area contributed by atoms with Crippen molar-refractivity contribution in [2.75, 3.05) is 11.9 Å². The Morgan fingerprint density at radius 2 is 1.64 bits per heavy atom. The molecule has 0 saturated heterocycles. The fourth-order valence-corrected chi connectivity index (χ4v) is 3.40. The number of amides is 1. The van der Waals surface area contributed by atoms with Crippen LogP contribution in [0.1, 0.15) is 31.2 Å². The molecule has 25 heavy (non-hydrogen) atoms. The number of para-hydroxylation sites is 1. The van der Waals surface area contributed by atoms with E-state index in [0.29, 0.717) is 24.1 Å². The van der Waals surface area contributed by atoms with Crippen molar-refractivity contribution in [3.63, 3.8) is 0 Å². The summed E-state index contributed by atoms with van der Waals surface area (Å²) in [6.45, 7) is -0.385. The van der Waals surface area contributed by atoms with Gasteiger partial charge in [0.1, 0.15) is 5.82 Å². The van der Waals surface area contributed by atoms with Gasteiger partial charge in [-0.3, -0.25) is 9.59 Å². The normalized spacial score (nSPS) is 15.6. The third-order valence-electron chi connectivity index (χ3n) is 4.63. The summed E-state index contributed by atoms with van der Waals surface area (Å²) in [6, 6.07) is 15.2. The fourth-order valence-electron chi connectivity index (χ4n) is 3.40. The van der Waals surface area contributed by atoms with E-state index in [2.05, 4.69) is 5.32 Å². The number of anilines is 1. The van der Waals surface area contributed by atoms with E-state index >= 15 is 0 Å². The van der Waals surface area contributed by atoms with Crippen LogP contribution in [0.25, 0.3) is 0 Å². The standard InChI is InChI=1S/C20H20FNO3/c21-17-11-5-4-10-16(17)20(12-6-7-13-20)19(24)25-14-18(23)22-15-8-2-1-3-9-15/h1-5,8-11H,6-7,12-14H2,(H,22,23). The van der Waals surface area contributed by atoms with Gasteiger partial charge in [-0.05, 0) is 31.0 Å². The lowest BCUT2D eigenvalue weighted by atomic mass is 9.78. The summed E-state index contributed by atoms with van der Waals surface area (Å²) in [5.74, 6) is -1.35. The van der Waals surface area contributed by atoms with Crippen LogP contribution in [0.2, 0.25) is 0 Å². The summed E-state index contributed by atoms with van der Waals surface area (Å²) >= 11 is 0. The average molecular weight is 341 g/mol. The molecule has 1 fully saturated rings. The first kappa shape index (κ1) is 17.1. The highest BCUT2D eigenvalue weighted by Gasteiger charge is 2.45. The number of carbonyl (C=O) groups is 2. The van der Waals surface area contributed by atoms with Gasteiger partial charge in [0.25, 0.3) is 5.91 Å². The quantitative estimate of drug-likeness (QED) is 0.841. The summed E-state index contributed by atoms with van der Waals surface area (Å²) in [5, 5.41) is 2.66. The van der Waals surface area contributed by atoms with Crippen LogP contribution in [0.4, 0.5) is 10.1 Å². The van der Waals surface area contributed by atoms with Crippen LogP contribution in [0.3, 0.4) is 0 Å². The highest BCUT2D eigenvalue weighted by atomic mass is 19.1. The van der Waals surface area contributed by atoms with Crippen molar-refractivity contribution in [1.82, 2.24) is 0 Å². The van der Waals surface area contributed by atoms with E-state index in [9.17, 15) is 14.0 Å². The number of rotatable bonds is 5. The van der Waals surface area contributed by atoms with Gasteiger partial charge in [0, 0.05) is 11.3 Å². The largest absolute Gasteiger partial charge is 0.455 e. The highest BCUT2D eigenvalue weighted by molar-refractivity contribution is 5.93. The van der Waals surface area contributed by atoms with Gasteiger partial charge in [-0.1, -0.05) is 49.2 Å². The van der Waals surface area contributed by atoms with E-state index in [1.807, 2.05) is 6.07 Å². The molecule has 4 nitrogen and oxygen atoms in total. The summed E-state index contributed by atoms with van der Waals surface area (Å²) < 4.78 is 19.5. The lowest BCUT2D eigenvalue weighted by Gasteiger charge is -2.27. The minimum atomic E-state index is -0.988. The maximum atomic E-state index is 14.2. The Labute approximate surface area is 146 Å². The summed E-state index contributed by atoms with van der Waals surface area (Å²) in [7, 11) is 0. The highest BCUT2D eigenvalue weighted by Crippen LogP contribution is 2.43. The molecule has 0 unspecified atom stereocenters. The van der Waals surface area contributed by atoms with E-state index < -0.39 is 23.1 Å². The zero-order valence-corrected chi connectivity index (χ0v) is 13.8. The van der Waals surface area contributed by atoms with Crippen LogP contribution in [0.15, 0.2) is 54.6 Å². The minimum Gasteiger partial charge on any atom is -0.455 e. The second-order valence-electron chi connectivity index (χ2n) is 6.26. The van der Waals surface area contributed by atoms with Crippen molar-refractivity contribution in [1.29, 1.82) is 0 Å². The molecule has 1 saturated carbocycles. The van der Waals surface area contributed by atoms with Crippen molar-refractivity contribution < 1.29 is 18.7 Å². The Balaban J connectivity index is 1.68. The van der Waals surface area contributed by atoms with Gasteiger partial charge in [-0.2, -0.15) is 0 Å². The number of benzene rings is 2. The monoisotopic (exact) mass is 341 g/mol. The molecule has 1 aliphatic carbocycles. The van der Waals surface area contributed by atoms with Crippen molar-refractivity contribution in [2.45, 2.75) is 31.1 Å². The zero-order valence-electron chi connectivity index (χ0n) is 13.8. The molecule has 0 aromatic heterocycles. The van der Waals surface area contributed by atoms with E-state index in [4.69, 9.17) is 4.74 Å². The Bertz CT molecular complexity index is 755. The third kappa shape index (κ3) is 3.71. The van der Waals surface area contributed by atoms with Gasteiger partial charge in [-0.15, -0.1) is 0 Å². The molecule has 0 heterocycles. The van der Waals surface area contributed by atoms with Crippen molar-refractivity contribution in [3.8, 4) is 0 Å². The van der Waals surface area contributed by atoms with Crippen molar-refractivity contribution in [3.05, 3.63) is 66.0 Å². The van der Waals surface area contributed by atoms with Gasteiger partial charge >= 0.3 is 5.97 Å². The lowest BCUT2D eigenvalue weighted by Crippen LogP contribution is -2.37. The lowest BCUT2D eigenvalue weighted by molar-refractivity contribution is -0.153. The summed E-state index contributed by atoms with van der Waals surface area (Å²) in [6.07, 6.45) is 2.74. The van der Waals surface area contributed by atoms with Crippen molar-refractivity contribution in [2.24, 2.45) is 0 Å². The fraction of sp³-hybridized carbons (Fsp3) is 0.300. The summed E-state index contributed by atoms with van der Waals surface area (Å²) in [4.78, 5) is 24.7. The first-order chi connectivity index (χ1) is 12.1. The minimum absolute atomic E-state index is 0.362. The van der Waals surface area contributed by atoms with Crippen LogP contribution in [0.5, 0.6) is 0 Å². The number of ether oxygens (including phenoxy) is 1. The number of hydrogen-bond donors (Lipinski definition) is 1. The second kappa shape index (κ2) is 7.47. The molecular formula is C20H20FNO3. The zero-order chi connectivity index (χ0) is 17.7. The van der Waals surface area contributed by atoms with Crippen LogP contribution in [-0.2, 0) is 19.7 Å². The van der Waals surface area contributed by atoms with E-state index in [0.717, 1.165) is 12.8 Å². The van der Waals surface area contributed by atoms with Gasteiger partial charge < -0.3 is 10.1 Å². The van der Waals surface area contributed by atoms with E-state index in [1.54, 1.807) is 42.5 Å². The second-order valence-corrected chi connectivity index (χ2v) is 6.26. The number of halogens is 1. The van der Waals surface area contributed by atoms with Gasteiger partial charge in [0.15, 0.2) is 6.61 Å². The first-order valence-electron chi connectivity index (χ1n) is 8.39. The number of esters is 1. The molecule has 2 aromatic rings. The molecule has 1 amide bonds. The number of nitrogens with one attached hydrogen (secondary N) is 1. The van der Waals surface area contributed by atoms with Gasteiger partial charge in [0.05, 0.1) is 5.41 Å². The van der Waals surface area contributed by atoms with E-state index in [-0.39, 0.29) is 6.61 Å². The molecule has 2 aromatic carbocycles. The third-order valence-corrected chi connectivity index (χ3v) is 4.63. The van der Waals surface area contributed by atoms with Crippen LogP contribution in [0, 0.1) is 5.82 Å². The van der Waals surface area contributed by atoms with Crippen LogP contribution in [-0.4, -0.2) is 18.5 Å². The molecule has 130 valence electrons. The summed E-state index contributed by atoms with van der Waals surface area (Å²) in [5.41, 5.74) is 0.00690. The Kier molecular flexibility index (Phi) is 5.12. The van der Waals surface area contributed by atoms with Gasteiger partial charge in [-0.25, -0.2) is 4.39 Å². The Morgan fingerprint density at radius 1 is 1.00 bits per heavy atom. The molecule has 0 atom stereocenters. The number of carbonyl (C=O) groups excluding carboxylic acids is 2. The predicted molar refractivity (Wildman–Crippen MR) is 92.6 cm³/mol. The molecule has 0 bridgehead atoms. The van der Waals surface area contributed by atoms with Crippen molar-refractivity contribution >= 4 is 17.6 Å². The number of hydrogen-bond acceptors (Lipinski definition) is 3. The molecular weight excluding hydrogens is 321 g/mol. The molecule has 3 rings (SSSR count). The molecule has 0 spiro atoms. The average Bonchev–Trinajstić information content (AvgIpc) is 3.12. The maximum absolute atomic E-state index is 14.2. The van der Waals surface area contributed by atoms with Gasteiger partial charge in [0.2, 0.25) is 0 Å². The Hall–Kier alpha value is -2.69. The molecule has 0 radical (unpaired) electrons. The van der Waals surface area contributed by atoms with Crippen LogP contribution >= 0.6 is 0 Å². The first-order valence-corrected chi connectivity index (χ1v) is 8.39. The molecule has 0 aliphatic heterocycles. The smallest absolute Gasteiger partial charge is 0.317 e. The topological polar surface area (TPSA) is 55.4 Å². The molecule has 1 aliphatic rings. The van der Waals surface area contributed by atoms with Crippen LogP contribution < -0.4 is 5.32 Å². The Morgan fingerprint density at radius 3 is 2.32 bits per heavy atom. The molecule has 1 N–H and O–H groups in total.